The van der Waals surface area contributed by atoms with Crippen molar-refractivity contribution in [1.29, 1.82) is 0 Å². The van der Waals surface area contributed by atoms with Gasteiger partial charge in [0.05, 0.1) is 12.2 Å². The topological polar surface area (TPSA) is 50.3 Å². The van der Waals surface area contributed by atoms with Gasteiger partial charge in [-0.25, -0.2) is 4.98 Å². The third kappa shape index (κ3) is 2.07. The van der Waals surface area contributed by atoms with Gasteiger partial charge in [-0.05, 0) is 12.1 Å². The fraction of sp³-hybridized carbons (Fsp3) is 0.364. The van der Waals surface area contributed by atoms with Crippen molar-refractivity contribution in [1.82, 2.24) is 9.88 Å². The van der Waals surface area contributed by atoms with Crippen LogP contribution in [0.5, 0.6) is 0 Å². The first-order valence-electron chi connectivity index (χ1n) is 5.03. The van der Waals surface area contributed by atoms with Crippen LogP contribution in [0.25, 0.3) is 0 Å². The fourth-order valence-corrected chi connectivity index (χ4v) is 1.90. The summed E-state index contributed by atoms with van der Waals surface area (Å²) in [7, 11) is 0. The van der Waals surface area contributed by atoms with Gasteiger partial charge in [0.1, 0.15) is 5.15 Å². The van der Waals surface area contributed by atoms with Crippen LogP contribution in [0.2, 0.25) is 5.15 Å². The Labute approximate surface area is 98.2 Å². The molecule has 1 aromatic rings. The van der Waals surface area contributed by atoms with Crippen LogP contribution in [0.3, 0.4) is 0 Å². The number of hydrogen-bond acceptors (Lipinski definition) is 3. The summed E-state index contributed by atoms with van der Waals surface area (Å²) < 4.78 is 0. The number of hydrogen-bond donors (Lipinski definition) is 0. The normalized spacial score (nSPS) is 20.6. The Bertz CT molecular complexity index is 447. The average molecular weight is 239 g/mol. The van der Waals surface area contributed by atoms with Crippen LogP contribution in [0.15, 0.2) is 18.2 Å². The minimum Gasteiger partial charge on any atom is -0.276 e. The van der Waals surface area contributed by atoms with Gasteiger partial charge in [0.15, 0.2) is 0 Å². The van der Waals surface area contributed by atoms with Crippen LogP contribution in [-0.2, 0) is 16.1 Å². The molecule has 0 bridgehead atoms. The highest BCUT2D eigenvalue weighted by molar-refractivity contribution is 6.29. The van der Waals surface area contributed by atoms with Gasteiger partial charge in [-0.15, -0.1) is 0 Å². The molecule has 2 heterocycles. The first-order chi connectivity index (χ1) is 7.58. The maximum Gasteiger partial charge on any atom is 0.232 e. The number of rotatable bonds is 2. The molecule has 4 nitrogen and oxygen atoms in total. The van der Waals surface area contributed by atoms with Crippen molar-refractivity contribution in [3.63, 3.8) is 0 Å². The second-order valence-electron chi connectivity index (χ2n) is 3.87. The lowest BCUT2D eigenvalue weighted by atomic mass is 10.1. The number of imide groups is 1. The van der Waals surface area contributed by atoms with Crippen molar-refractivity contribution in [3.8, 4) is 0 Å². The van der Waals surface area contributed by atoms with E-state index in [0.29, 0.717) is 17.3 Å². The smallest absolute Gasteiger partial charge is 0.232 e. The molecule has 1 unspecified atom stereocenters. The molecule has 0 saturated carbocycles. The van der Waals surface area contributed by atoms with Gasteiger partial charge in [-0.2, -0.15) is 0 Å². The molecule has 5 heteroatoms. The maximum atomic E-state index is 11.6. The molecule has 1 saturated heterocycles. The molecule has 16 heavy (non-hydrogen) atoms. The molecule has 1 aromatic heterocycles. The molecule has 1 fully saturated rings. The van der Waals surface area contributed by atoms with E-state index in [1.54, 1.807) is 25.1 Å². The molecule has 0 radical (unpaired) electrons. The predicted octanol–water partition coefficient (Wildman–Crippen LogP) is 1.63. The van der Waals surface area contributed by atoms with Gasteiger partial charge >= 0.3 is 0 Å². The van der Waals surface area contributed by atoms with Gasteiger partial charge in [0.25, 0.3) is 0 Å². The summed E-state index contributed by atoms with van der Waals surface area (Å²) in [6, 6.07) is 5.15. The van der Waals surface area contributed by atoms with Crippen LogP contribution in [0.4, 0.5) is 0 Å². The Hall–Kier alpha value is -1.42. The number of carbonyl (C=O) groups is 2. The molecule has 1 aliphatic heterocycles. The molecular formula is C11H11ClN2O2. The lowest BCUT2D eigenvalue weighted by Gasteiger charge is -2.13. The molecule has 0 aliphatic carbocycles. The minimum absolute atomic E-state index is 0.133. The molecule has 0 aromatic carbocycles. The third-order valence-corrected chi connectivity index (χ3v) is 2.77. The van der Waals surface area contributed by atoms with E-state index < -0.39 is 0 Å². The van der Waals surface area contributed by atoms with Crippen LogP contribution >= 0.6 is 11.6 Å². The molecule has 2 rings (SSSR count). The maximum absolute atomic E-state index is 11.6. The highest BCUT2D eigenvalue weighted by Crippen LogP contribution is 2.20. The van der Waals surface area contributed by atoms with Gasteiger partial charge in [-0.3, -0.25) is 14.5 Å². The van der Waals surface area contributed by atoms with E-state index in [-0.39, 0.29) is 24.3 Å². The van der Waals surface area contributed by atoms with Gasteiger partial charge in [0, 0.05) is 12.3 Å². The summed E-state index contributed by atoms with van der Waals surface area (Å²) in [6.07, 6.45) is 0.291. The van der Waals surface area contributed by atoms with Crippen molar-refractivity contribution < 1.29 is 9.59 Å². The van der Waals surface area contributed by atoms with Gasteiger partial charge in [-0.1, -0.05) is 24.6 Å². The Morgan fingerprint density at radius 2 is 2.25 bits per heavy atom. The highest BCUT2D eigenvalue weighted by Gasteiger charge is 2.35. The summed E-state index contributed by atoms with van der Waals surface area (Å²) in [6.45, 7) is 1.97. The van der Waals surface area contributed by atoms with Crippen LogP contribution in [0.1, 0.15) is 19.0 Å². The van der Waals surface area contributed by atoms with Gasteiger partial charge < -0.3 is 0 Å². The van der Waals surface area contributed by atoms with E-state index in [2.05, 4.69) is 4.98 Å². The number of carbonyl (C=O) groups excluding carboxylic acids is 2. The summed E-state index contributed by atoms with van der Waals surface area (Å²) >= 11 is 5.73. The summed E-state index contributed by atoms with van der Waals surface area (Å²) in [5, 5.41) is 0.365. The molecule has 1 atom stereocenters. The van der Waals surface area contributed by atoms with Crippen molar-refractivity contribution in [2.24, 2.45) is 5.92 Å². The fourth-order valence-electron chi connectivity index (χ4n) is 1.71. The molecular weight excluding hydrogens is 228 g/mol. The second-order valence-corrected chi connectivity index (χ2v) is 4.26. The first kappa shape index (κ1) is 11.1. The highest BCUT2D eigenvalue weighted by atomic mass is 35.5. The van der Waals surface area contributed by atoms with E-state index >= 15 is 0 Å². The quantitative estimate of drug-likeness (QED) is 0.581. The molecule has 2 amide bonds. The molecule has 84 valence electrons. The van der Waals surface area contributed by atoms with Crippen LogP contribution in [-0.4, -0.2) is 21.7 Å². The summed E-state index contributed by atoms with van der Waals surface area (Å²) in [5.74, 6) is -0.488. The largest absolute Gasteiger partial charge is 0.276 e. The zero-order valence-corrected chi connectivity index (χ0v) is 9.57. The lowest BCUT2D eigenvalue weighted by Crippen LogP contribution is -2.30. The van der Waals surface area contributed by atoms with E-state index in [4.69, 9.17) is 11.6 Å². The van der Waals surface area contributed by atoms with E-state index in [9.17, 15) is 9.59 Å². The number of halogens is 1. The van der Waals surface area contributed by atoms with E-state index in [0.717, 1.165) is 0 Å². The number of likely N-dealkylation sites (tertiary alicyclic amines) is 1. The standard InChI is InChI=1S/C11H11ClN2O2/c1-7-5-10(15)14(11(7)16)6-8-3-2-4-9(12)13-8/h2-4,7H,5-6H2,1H3. The number of pyridine rings is 1. The molecule has 0 N–H and O–H groups in total. The van der Waals surface area contributed by atoms with Crippen LogP contribution < -0.4 is 0 Å². The zero-order valence-electron chi connectivity index (χ0n) is 8.81. The Kier molecular flexibility index (Phi) is 2.92. The van der Waals surface area contributed by atoms with Gasteiger partial charge in [0.2, 0.25) is 11.8 Å². The third-order valence-electron chi connectivity index (χ3n) is 2.56. The first-order valence-corrected chi connectivity index (χ1v) is 5.41. The lowest BCUT2D eigenvalue weighted by molar-refractivity contribution is -0.139. The Morgan fingerprint density at radius 1 is 1.50 bits per heavy atom. The molecule has 0 spiro atoms. The second kappa shape index (κ2) is 4.22. The number of amides is 2. The van der Waals surface area contributed by atoms with Crippen molar-refractivity contribution in [3.05, 3.63) is 29.0 Å². The monoisotopic (exact) mass is 238 g/mol. The van der Waals surface area contributed by atoms with Crippen LogP contribution in [0, 0.1) is 5.92 Å². The summed E-state index contributed by atoms with van der Waals surface area (Å²) in [4.78, 5) is 28.5. The average Bonchev–Trinajstić information content (AvgIpc) is 2.45. The predicted molar refractivity (Wildman–Crippen MR) is 58.6 cm³/mol. The number of aromatic nitrogens is 1. The van der Waals surface area contributed by atoms with Crippen molar-refractivity contribution >= 4 is 23.4 Å². The van der Waals surface area contributed by atoms with Crippen molar-refractivity contribution in [2.45, 2.75) is 19.9 Å². The number of nitrogens with zero attached hydrogens (tertiary/aromatic N) is 2. The van der Waals surface area contributed by atoms with Crippen molar-refractivity contribution in [2.75, 3.05) is 0 Å². The minimum atomic E-state index is -0.216. The summed E-state index contributed by atoms with van der Waals surface area (Å²) in [5.41, 5.74) is 0.628. The van der Waals surface area contributed by atoms with E-state index in [1.165, 1.54) is 4.90 Å². The Balaban J connectivity index is 2.16. The molecule has 1 aliphatic rings. The Morgan fingerprint density at radius 3 is 2.81 bits per heavy atom. The zero-order chi connectivity index (χ0) is 11.7. The van der Waals surface area contributed by atoms with E-state index in [1.807, 2.05) is 0 Å². The SMILES string of the molecule is CC1CC(=O)N(Cc2cccc(Cl)n2)C1=O.